The molecule has 1 aromatic carbocycles. The topological polar surface area (TPSA) is 101 Å². The molecule has 1 aliphatic carbocycles. The van der Waals surface area contributed by atoms with Crippen LogP contribution in [-0.2, 0) is 5.54 Å². The summed E-state index contributed by atoms with van der Waals surface area (Å²) in [5, 5.41) is 8.84. The molecule has 2 amide bonds. The Morgan fingerprint density at radius 2 is 1.80 bits per heavy atom. The van der Waals surface area contributed by atoms with E-state index in [9.17, 15) is 26.7 Å². The van der Waals surface area contributed by atoms with Gasteiger partial charge in [0.25, 0.3) is 0 Å². The van der Waals surface area contributed by atoms with Crippen LogP contribution < -0.4 is 20.7 Å². The molecular formula is C25H23BrClF5N6O2. The monoisotopic (exact) mass is 648 g/mol. The van der Waals surface area contributed by atoms with E-state index in [0.29, 0.717) is 10.5 Å². The van der Waals surface area contributed by atoms with Gasteiger partial charge in [-0.2, -0.15) is 17.6 Å². The van der Waals surface area contributed by atoms with Crippen LogP contribution in [0.3, 0.4) is 0 Å². The zero-order valence-electron chi connectivity index (χ0n) is 20.6. The standard InChI is InChI=1S/C25H23BrClF5N6O2/c26-15-10-34-22(35-11-15)36-13-24(20-6-5-16(27)12-33-20,38-23(39)37-18-3-1-2-4-18)14-7-17(28)9-19(8-14)40-25(31,32)21(29)30/h5-12,18,21H,1-4,13H2,(H,34,35,36)(H2,37,38,39). The fourth-order valence-corrected chi connectivity index (χ4v) is 4.64. The van der Waals surface area contributed by atoms with E-state index in [1.165, 1.54) is 30.7 Å². The molecule has 0 radical (unpaired) electrons. The van der Waals surface area contributed by atoms with Gasteiger partial charge in [0, 0.05) is 30.7 Å². The summed E-state index contributed by atoms with van der Waals surface area (Å²) in [6, 6.07) is 4.54. The molecule has 1 fully saturated rings. The van der Waals surface area contributed by atoms with E-state index in [0.717, 1.165) is 37.8 Å². The molecule has 2 aromatic heterocycles. The Labute approximate surface area is 239 Å². The molecule has 15 heteroatoms. The predicted molar refractivity (Wildman–Crippen MR) is 140 cm³/mol. The van der Waals surface area contributed by atoms with Gasteiger partial charge < -0.3 is 20.7 Å². The molecule has 0 spiro atoms. The lowest BCUT2D eigenvalue weighted by Gasteiger charge is -2.36. The lowest BCUT2D eigenvalue weighted by molar-refractivity contribution is -0.253. The first kappa shape index (κ1) is 29.7. The highest BCUT2D eigenvalue weighted by Gasteiger charge is 2.45. The van der Waals surface area contributed by atoms with Crippen molar-refractivity contribution in [1.82, 2.24) is 25.6 Å². The van der Waals surface area contributed by atoms with Crippen molar-refractivity contribution in [1.29, 1.82) is 0 Å². The Bertz CT molecular complexity index is 1320. The second-order valence-corrected chi connectivity index (χ2v) is 10.4. The number of amides is 2. The van der Waals surface area contributed by atoms with Gasteiger partial charge in [-0.15, -0.1) is 0 Å². The van der Waals surface area contributed by atoms with E-state index in [1.54, 1.807) is 0 Å². The number of halogens is 7. The van der Waals surface area contributed by atoms with Gasteiger partial charge in [0.05, 0.1) is 21.7 Å². The van der Waals surface area contributed by atoms with Crippen molar-refractivity contribution in [3.8, 4) is 5.75 Å². The molecule has 4 rings (SSSR count). The van der Waals surface area contributed by atoms with Crippen LogP contribution in [0.2, 0.25) is 5.02 Å². The quantitative estimate of drug-likeness (QED) is 0.224. The molecule has 214 valence electrons. The molecule has 8 nitrogen and oxygen atoms in total. The maximum Gasteiger partial charge on any atom is 0.461 e. The van der Waals surface area contributed by atoms with Crippen molar-refractivity contribution in [2.24, 2.45) is 0 Å². The van der Waals surface area contributed by atoms with Gasteiger partial charge in [-0.25, -0.2) is 19.2 Å². The number of carbonyl (C=O) groups is 1. The fraction of sp³-hybridized carbons (Fsp3) is 0.360. The minimum atomic E-state index is -4.90. The SMILES string of the molecule is O=C(NC1CCCC1)NC(CNc1ncc(Br)cn1)(c1cc(F)cc(OC(F)(F)C(F)F)c1)c1ccc(Cl)cn1. The number of carbonyl (C=O) groups excluding carboxylic acids is 1. The lowest BCUT2D eigenvalue weighted by atomic mass is 9.85. The number of nitrogens with one attached hydrogen (secondary N) is 3. The Hall–Kier alpha value is -3.26. The number of ether oxygens (including phenoxy) is 1. The minimum Gasteiger partial charge on any atom is -0.428 e. The van der Waals surface area contributed by atoms with Gasteiger partial charge in [-0.3, -0.25) is 4.98 Å². The van der Waals surface area contributed by atoms with Crippen LogP contribution in [0.4, 0.5) is 32.7 Å². The van der Waals surface area contributed by atoms with Crippen LogP contribution in [-0.4, -0.2) is 46.1 Å². The van der Waals surface area contributed by atoms with Crippen LogP contribution in [0, 0.1) is 5.82 Å². The molecule has 1 aliphatic rings. The van der Waals surface area contributed by atoms with Gasteiger partial charge >= 0.3 is 18.6 Å². The predicted octanol–water partition coefficient (Wildman–Crippen LogP) is 6.26. The van der Waals surface area contributed by atoms with Crippen molar-refractivity contribution in [2.45, 2.75) is 49.8 Å². The van der Waals surface area contributed by atoms with E-state index in [1.807, 2.05) is 0 Å². The summed E-state index contributed by atoms with van der Waals surface area (Å²) in [6.07, 6.45) is -1.51. The van der Waals surface area contributed by atoms with Gasteiger partial charge in [-0.1, -0.05) is 24.4 Å². The first-order chi connectivity index (χ1) is 19.0. The first-order valence-corrected chi connectivity index (χ1v) is 13.2. The second kappa shape index (κ2) is 12.5. The zero-order chi connectivity index (χ0) is 28.9. The normalized spacial score (nSPS) is 15.5. The third-order valence-electron chi connectivity index (χ3n) is 6.19. The van der Waals surface area contributed by atoms with Crippen molar-refractivity contribution < 1.29 is 31.5 Å². The summed E-state index contributed by atoms with van der Waals surface area (Å²) < 4.78 is 72.9. The van der Waals surface area contributed by atoms with E-state index in [4.69, 9.17) is 11.6 Å². The Kier molecular flexibility index (Phi) is 9.29. The average Bonchev–Trinajstić information content (AvgIpc) is 3.40. The van der Waals surface area contributed by atoms with Gasteiger partial charge in [0.1, 0.15) is 17.1 Å². The van der Waals surface area contributed by atoms with Crippen molar-refractivity contribution in [3.63, 3.8) is 0 Å². The molecule has 1 unspecified atom stereocenters. The first-order valence-electron chi connectivity index (χ1n) is 12.0. The maximum absolute atomic E-state index is 14.9. The number of hydrogen-bond acceptors (Lipinski definition) is 6. The largest absolute Gasteiger partial charge is 0.461 e. The molecule has 1 atom stereocenters. The van der Waals surface area contributed by atoms with Crippen LogP contribution in [0.15, 0.2) is 53.4 Å². The number of anilines is 1. The maximum atomic E-state index is 14.9. The number of hydrogen-bond donors (Lipinski definition) is 3. The molecule has 2 heterocycles. The van der Waals surface area contributed by atoms with E-state index < -0.39 is 35.7 Å². The molecule has 0 bridgehead atoms. The molecular weight excluding hydrogens is 627 g/mol. The highest BCUT2D eigenvalue weighted by molar-refractivity contribution is 9.10. The second-order valence-electron chi connectivity index (χ2n) is 9.07. The Balaban J connectivity index is 1.82. The van der Waals surface area contributed by atoms with Crippen LogP contribution >= 0.6 is 27.5 Å². The van der Waals surface area contributed by atoms with Crippen molar-refractivity contribution in [2.75, 3.05) is 11.9 Å². The van der Waals surface area contributed by atoms with Crippen LogP contribution in [0.25, 0.3) is 0 Å². The third-order valence-corrected chi connectivity index (χ3v) is 6.82. The molecule has 3 aromatic rings. The number of pyridine rings is 1. The zero-order valence-corrected chi connectivity index (χ0v) is 23.0. The summed E-state index contributed by atoms with van der Waals surface area (Å²) in [5.74, 6) is -1.87. The molecule has 1 saturated carbocycles. The number of rotatable bonds is 10. The van der Waals surface area contributed by atoms with Gasteiger partial charge in [0.2, 0.25) is 5.95 Å². The summed E-state index contributed by atoms with van der Waals surface area (Å²) in [4.78, 5) is 25.8. The number of nitrogens with zero attached hydrogens (tertiary/aromatic N) is 3. The molecule has 40 heavy (non-hydrogen) atoms. The summed E-state index contributed by atoms with van der Waals surface area (Å²) in [7, 11) is 0. The summed E-state index contributed by atoms with van der Waals surface area (Å²) >= 11 is 9.26. The van der Waals surface area contributed by atoms with E-state index in [2.05, 4.69) is 51.6 Å². The van der Waals surface area contributed by atoms with E-state index in [-0.39, 0.29) is 34.8 Å². The highest BCUT2D eigenvalue weighted by atomic mass is 79.9. The van der Waals surface area contributed by atoms with Crippen molar-refractivity contribution in [3.05, 3.63) is 75.5 Å². The minimum absolute atomic E-state index is 0.108. The molecule has 3 N–H and O–H groups in total. The van der Waals surface area contributed by atoms with Gasteiger partial charge in [-0.05, 0) is 58.6 Å². The van der Waals surface area contributed by atoms with Gasteiger partial charge in [0.15, 0.2) is 0 Å². The highest BCUT2D eigenvalue weighted by Crippen LogP contribution is 2.35. The number of urea groups is 1. The van der Waals surface area contributed by atoms with Crippen molar-refractivity contribution >= 4 is 39.5 Å². The summed E-state index contributed by atoms with van der Waals surface area (Å²) in [5.41, 5.74) is -1.82. The molecule has 0 saturated heterocycles. The third kappa shape index (κ3) is 7.27. The fourth-order valence-electron chi connectivity index (χ4n) is 4.32. The Morgan fingerprint density at radius 3 is 2.42 bits per heavy atom. The van der Waals surface area contributed by atoms with E-state index >= 15 is 0 Å². The van der Waals surface area contributed by atoms with Crippen LogP contribution in [0.5, 0.6) is 5.75 Å². The Morgan fingerprint density at radius 1 is 1.10 bits per heavy atom. The average molecular weight is 650 g/mol. The number of aromatic nitrogens is 3. The van der Waals surface area contributed by atoms with Crippen LogP contribution in [0.1, 0.15) is 36.9 Å². The number of benzene rings is 1. The lowest BCUT2D eigenvalue weighted by Crippen LogP contribution is -2.56. The molecule has 0 aliphatic heterocycles. The smallest absolute Gasteiger partial charge is 0.428 e. The number of alkyl halides is 4. The summed E-state index contributed by atoms with van der Waals surface area (Å²) in [6.45, 7) is -0.282.